The molecule has 1 saturated carbocycles. The molecular weight excluding hydrogens is 294 g/mol. The number of hydrogen-bond donors (Lipinski definition) is 0. The fourth-order valence-electron chi connectivity index (χ4n) is 3.29. The molecule has 5 nitrogen and oxygen atoms in total. The summed E-state index contributed by atoms with van der Waals surface area (Å²) in [6.07, 6.45) is 2.43. The highest BCUT2D eigenvalue weighted by atomic mass is 32.2. The minimum Gasteiger partial charge on any atom is -0.287 e. The van der Waals surface area contributed by atoms with Crippen LogP contribution in [-0.2, 0) is 6.54 Å². The molecule has 1 aliphatic carbocycles. The van der Waals surface area contributed by atoms with Crippen LogP contribution in [0.3, 0.4) is 0 Å². The highest BCUT2D eigenvalue weighted by molar-refractivity contribution is 8.00. The first kappa shape index (κ1) is 14.2. The highest BCUT2D eigenvalue weighted by Crippen LogP contribution is 2.38. The van der Waals surface area contributed by atoms with Gasteiger partial charge in [-0.3, -0.25) is 4.90 Å². The van der Waals surface area contributed by atoms with Crippen molar-refractivity contribution < 1.29 is 0 Å². The van der Waals surface area contributed by atoms with E-state index in [1.807, 2.05) is 4.68 Å². The maximum atomic E-state index is 4.28. The molecule has 116 valence electrons. The zero-order chi connectivity index (χ0) is 14.9. The van der Waals surface area contributed by atoms with Crippen molar-refractivity contribution >= 4 is 11.8 Å². The normalized spacial score (nSPS) is 26.2. The maximum Gasteiger partial charge on any atom is 0.165 e. The molecule has 1 aromatic heterocycles. The third-order valence-electron chi connectivity index (χ3n) is 4.54. The van der Waals surface area contributed by atoms with Crippen LogP contribution in [0.5, 0.6) is 0 Å². The first-order valence-electron chi connectivity index (χ1n) is 8.00. The molecule has 0 amide bonds. The van der Waals surface area contributed by atoms with Crippen LogP contribution >= 0.6 is 11.8 Å². The third-order valence-corrected chi connectivity index (χ3v) is 5.74. The predicted octanol–water partition coefficient (Wildman–Crippen LogP) is 2.69. The smallest absolute Gasteiger partial charge is 0.165 e. The van der Waals surface area contributed by atoms with Crippen molar-refractivity contribution in [1.29, 1.82) is 0 Å². The van der Waals surface area contributed by atoms with Gasteiger partial charge >= 0.3 is 0 Å². The molecule has 1 saturated heterocycles. The van der Waals surface area contributed by atoms with E-state index in [2.05, 4.69) is 69.4 Å². The lowest BCUT2D eigenvalue weighted by Crippen LogP contribution is -2.40. The van der Waals surface area contributed by atoms with Gasteiger partial charge in [-0.2, -0.15) is 11.8 Å². The molecule has 22 heavy (non-hydrogen) atoms. The molecule has 1 aliphatic heterocycles. The minimum absolute atomic E-state index is 0.435. The van der Waals surface area contributed by atoms with Crippen molar-refractivity contribution in [3.8, 4) is 0 Å². The van der Waals surface area contributed by atoms with Crippen molar-refractivity contribution in [3.05, 3.63) is 41.7 Å². The minimum atomic E-state index is 0.435. The Morgan fingerprint density at radius 2 is 2.05 bits per heavy atom. The van der Waals surface area contributed by atoms with E-state index in [0.29, 0.717) is 17.3 Å². The van der Waals surface area contributed by atoms with Gasteiger partial charge in [0, 0.05) is 23.6 Å². The monoisotopic (exact) mass is 315 g/mol. The zero-order valence-corrected chi connectivity index (χ0v) is 13.6. The summed E-state index contributed by atoms with van der Waals surface area (Å²) in [4.78, 5) is 2.54. The molecule has 2 fully saturated rings. The fourth-order valence-corrected chi connectivity index (χ4v) is 4.52. The van der Waals surface area contributed by atoms with E-state index in [9.17, 15) is 0 Å². The quantitative estimate of drug-likeness (QED) is 0.868. The Morgan fingerprint density at radius 3 is 2.82 bits per heavy atom. The Labute approximate surface area is 135 Å². The fraction of sp³-hybridized carbons (Fsp3) is 0.562. The van der Waals surface area contributed by atoms with Gasteiger partial charge in [0.25, 0.3) is 0 Å². The summed E-state index contributed by atoms with van der Waals surface area (Å²) in [5.74, 6) is 2.19. The number of rotatable bonds is 4. The van der Waals surface area contributed by atoms with E-state index < -0.39 is 0 Å². The largest absolute Gasteiger partial charge is 0.287 e. The lowest BCUT2D eigenvalue weighted by atomic mass is 10.0. The molecule has 0 unspecified atom stereocenters. The van der Waals surface area contributed by atoms with Crippen LogP contribution in [0.25, 0.3) is 0 Å². The summed E-state index contributed by atoms with van der Waals surface area (Å²) in [6.45, 7) is 4.26. The van der Waals surface area contributed by atoms with Crippen LogP contribution in [0.4, 0.5) is 0 Å². The molecule has 2 aromatic rings. The molecule has 2 aliphatic rings. The van der Waals surface area contributed by atoms with Crippen LogP contribution in [0.2, 0.25) is 0 Å². The van der Waals surface area contributed by atoms with Crippen molar-refractivity contribution in [2.75, 3.05) is 12.3 Å². The lowest BCUT2D eigenvalue weighted by molar-refractivity contribution is 0.183. The summed E-state index contributed by atoms with van der Waals surface area (Å²) in [5.41, 5.74) is 1.40. The Morgan fingerprint density at radius 1 is 1.23 bits per heavy atom. The van der Waals surface area contributed by atoms with Gasteiger partial charge in [0.1, 0.15) is 0 Å². The SMILES string of the molecule is C[C@H]1SCCN(Cc2nnnn2C2CC2)[C@@H]1c1ccccc1. The Hall–Kier alpha value is -1.40. The van der Waals surface area contributed by atoms with Crippen LogP contribution in [0.15, 0.2) is 30.3 Å². The molecular formula is C16H21N5S. The molecule has 0 radical (unpaired) electrons. The number of thioether (sulfide) groups is 1. The molecule has 0 bridgehead atoms. The molecule has 2 heterocycles. The van der Waals surface area contributed by atoms with Gasteiger partial charge in [-0.25, -0.2) is 4.68 Å². The Bertz CT molecular complexity index is 624. The van der Waals surface area contributed by atoms with Crippen LogP contribution < -0.4 is 0 Å². The first-order valence-corrected chi connectivity index (χ1v) is 9.05. The van der Waals surface area contributed by atoms with Gasteiger partial charge in [-0.05, 0) is 28.8 Å². The second kappa shape index (κ2) is 6.01. The number of hydrogen-bond acceptors (Lipinski definition) is 5. The van der Waals surface area contributed by atoms with Crippen molar-refractivity contribution in [2.45, 2.75) is 43.6 Å². The zero-order valence-electron chi connectivity index (χ0n) is 12.8. The predicted molar refractivity (Wildman–Crippen MR) is 87.6 cm³/mol. The van der Waals surface area contributed by atoms with E-state index >= 15 is 0 Å². The second-order valence-electron chi connectivity index (χ2n) is 6.17. The number of nitrogens with zero attached hydrogens (tertiary/aromatic N) is 5. The average Bonchev–Trinajstić information content (AvgIpc) is 3.28. The summed E-state index contributed by atoms with van der Waals surface area (Å²) < 4.78 is 2.04. The number of benzene rings is 1. The molecule has 6 heteroatoms. The van der Waals surface area contributed by atoms with E-state index in [1.54, 1.807) is 0 Å². The number of aromatic nitrogens is 4. The van der Waals surface area contributed by atoms with Crippen LogP contribution in [0, 0.1) is 0 Å². The third kappa shape index (κ3) is 2.77. The molecule has 0 spiro atoms. The van der Waals surface area contributed by atoms with Crippen LogP contribution in [-0.4, -0.2) is 42.7 Å². The van der Waals surface area contributed by atoms with E-state index in [4.69, 9.17) is 0 Å². The van der Waals surface area contributed by atoms with Crippen molar-refractivity contribution in [1.82, 2.24) is 25.1 Å². The maximum absolute atomic E-state index is 4.28. The summed E-state index contributed by atoms with van der Waals surface area (Å²) in [5, 5.41) is 12.9. The lowest BCUT2D eigenvalue weighted by Gasteiger charge is -2.39. The Balaban J connectivity index is 1.59. The van der Waals surface area contributed by atoms with Crippen molar-refractivity contribution in [2.24, 2.45) is 0 Å². The van der Waals surface area contributed by atoms with Gasteiger partial charge in [0.15, 0.2) is 5.82 Å². The average molecular weight is 315 g/mol. The van der Waals surface area contributed by atoms with Gasteiger partial charge in [0.05, 0.1) is 12.6 Å². The van der Waals surface area contributed by atoms with E-state index in [1.165, 1.54) is 24.2 Å². The van der Waals surface area contributed by atoms with Gasteiger partial charge in [0.2, 0.25) is 0 Å². The van der Waals surface area contributed by atoms with Crippen molar-refractivity contribution in [3.63, 3.8) is 0 Å². The molecule has 2 atom stereocenters. The highest BCUT2D eigenvalue weighted by Gasteiger charge is 2.33. The van der Waals surface area contributed by atoms with Gasteiger partial charge < -0.3 is 0 Å². The molecule has 0 N–H and O–H groups in total. The summed E-state index contributed by atoms with van der Waals surface area (Å²) >= 11 is 2.06. The molecule has 1 aromatic carbocycles. The number of tetrazole rings is 1. The first-order chi connectivity index (χ1) is 10.8. The van der Waals surface area contributed by atoms with Gasteiger partial charge in [-0.15, -0.1) is 5.10 Å². The van der Waals surface area contributed by atoms with Gasteiger partial charge in [-0.1, -0.05) is 37.3 Å². The Kier molecular flexibility index (Phi) is 3.88. The topological polar surface area (TPSA) is 46.8 Å². The standard InChI is InChI=1S/C16H21N5S/c1-12-16(13-5-3-2-4-6-13)20(9-10-22-12)11-15-17-18-19-21(15)14-7-8-14/h2-6,12,14,16H,7-11H2,1H3/t12-,16+/m1/s1. The summed E-state index contributed by atoms with van der Waals surface area (Å²) in [7, 11) is 0. The second-order valence-corrected chi connectivity index (χ2v) is 7.66. The molecule has 4 rings (SSSR count). The van der Waals surface area contributed by atoms with Crippen LogP contribution in [0.1, 0.15) is 43.2 Å². The van der Waals surface area contributed by atoms with E-state index in [-0.39, 0.29) is 0 Å². The van der Waals surface area contributed by atoms with E-state index in [0.717, 1.165) is 18.9 Å². The summed E-state index contributed by atoms with van der Waals surface area (Å²) in [6, 6.07) is 11.8.